The third-order valence-electron chi connectivity index (χ3n) is 3.62. The Balaban J connectivity index is 1.86. The summed E-state index contributed by atoms with van der Waals surface area (Å²) in [6, 6.07) is 14.8. The zero-order valence-electron chi connectivity index (χ0n) is 15.0. The van der Waals surface area contributed by atoms with Crippen molar-refractivity contribution in [2.75, 3.05) is 17.2 Å². The Labute approximate surface area is 156 Å². The summed E-state index contributed by atoms with van der Waals surface area (Å²) in [7, 11) is 0. The van der Waals surface area contributed by atoms with Crippen LogP contribution in [0.25, 0.3) is 0 Å². The van der Waals surface area contributed by atoms with Crippen LogP contribution in [0.4, 0.5) is 27.5 Å². The van der Waals surface area contributed by atoms with Gasteiger partial charge in [-0.25, -0.2) is 14.2 Å². The molecule has 138 valence electrons. The molecule has 0 aliphatic heterocycles. The average Bonchev–Trinajstić information content (AvgIpc) is 2.62. The number of hydrogen-bond donors (Lipinski definition) is 2. The van der Waals surface area contributed by atoms with Gasteiger partial charge in [-0.3, -0.25) is 0 Å². The number of hydrogen-bond acceptors (Lipinski definition) is 6. The topological polar surface area (TPSA) is 76.1 Å². The standard InChI is InChI=1S/C20H19FN4O2/c1-3-27-19(26)16-9-4-5-10-17(16)24-20-22-13(2)11-18(25-20)23-15-8-6-7-14(21)12-15/h4-12H,3H2,1-2H3,(H2,22,23,24,25). The Hall–Kier alpha value is -3.48. The fourth-order valence-electron chi connectivity index (χ4n) is 2.50. The maximum atomic E-state index is 13.4. The van der Waals surface area contributed by atoms with Gasteiger partial charge in [0.2, 0.25) is 5.95 Å². The molecule has 0 atom stereocenters. The number of ether oxygens (including phenoxy) is 1. The summed E-state index contributed by atoms with van der Waals surface area (Å²) in [4.78, 5) is 20.9. The molecule has 1 heterocycles. The van der Waals surface area contributed by atoms with Crippen LogP contribution in [0, 0.1) is 12.7 Å². The molecule has 7 heteroatoms. The lowest BCUT2D eigenvalue weighted by Crippen LogP contribution is -2.09. The first-order valence-corrected chi connectivity index (χ1v) is 8.46. The number of rotatable bonds is 6. The number of nitrogens with one attached hydrogen (secondary N) is 2. The summed E-state index contributed by atoms with van der Waals surface area (Å²) in [5.74, 6) is 0.0497. The minimum Gasteiger partial charge on any atom is -0.462 e. The van der Waals surface area contributed by atoms with E-state index in [0.29, 0.717) is 34.4 Å². The third-order valence-corrected chi connectivity index (χ3v) is 3.62. The van der Waals surface area contributed by atoms with Gasteiger partial charge in [-0.1, -0.05) is 18.2 Å². The molecule has 0 aliphatic rings. The van der Waals surface area contributed by atoms with Crippen LogP contribution in [-0.4, -0.2) is 22.5 Å². The van der Waals surface area contributed by atoms with Crippen molar-refractivity contribution >= 4 is 29.1 Å². The molecular formula is C20H19FN4O2. The van der Waals surface area contributed by atoms with Gasteiger partial charge in [-0.05, 0) is 44.2 Å². The summed E-state index contributed by atoms with van der Waals surface area (Å²) in [5, 5.41) is 6.10. The van der Waals surface area contributed by atoms with Crippen LogP contribution >= 0.6 is 0 Å². The predicted molar refractivity (Wildman–Crippen MR) is 102 cm³/mol. The molecule has 0 fully saturated rings. The van der Waals surface area contributed by atoms with Crippen LogP contribution in [0.2, 0.25) is 0 Å². The van der Waals surface area contributed by atoms with Gasteiger partial charge < -0.3 is 15.4 Å². The lowest BCUT2D eigenvalue weighted by atomic mass is 10.2. The summed E-state index contributed by atoms with van der Waals surface area (Å²) < 4.78 is 18.4. The Morgan fingerprint density at radius 1 is 1.07 bits per heavy atom. The van der Waals surface area contributed by atoms with E-state index in [1.807, 2.05) is 6.92 Å². The lowest BCUT2D eigenvalue weighted by molar-refractivity contribution is 0.0527. The average molecular weight is 366 g/mol. The molecule has 0 amide bonds. The molecule has 3 aromatic rings. The number of anilines is 4. The van der Waals surface area contributed by atoms with Crippen molar-refractivity contribution in [2.24, 2.45) is 0 Å². The fourth-order valence-corrected chi connectivity index (χ4v) is 2.50. The molecule has 2 aromatic carbocycles. The van der Waals surface area contributed by atoms with Crippen molar-refractivity contribution in [1.82, 2.24) is 9.97 Å². The van der Waals surface area contributed by atoms with Crippen LogP contribution in [0.1, 0.15) is 23.0 Å². The number of para-hydroxylation sites is 1. The van der Waals surface area contributed by atoms with Gasteiger partial charge >= 0.3 is 5.97 Å². The van der Waals surface area contributed by atoms with Gasteiger partial charge in [-0.2, -0.15) is 4.98 Å². The first-order valence-electron chi connectivity index (χ1n) is 8.46. The highest BCUT2D eigenvalue weighted by molar-refractivity contribution is 5.96. The number of aryl methyl sites for hydroxylation is 1. The van der Waals surface area contributed by atoms with E-state index in [4.69, 9.17) is 4.74 Å². The number of nitrogens with zero attached hydrogens (tertiary/aromatic N) is 2. The van der Waals surface area contributed by atoms with E-state index < -0.39 is 5.97 Å². The number of benzene rings is 2. The summed E-state index contributed by atoms with van der Waals surface area (Å²) in [6.45, 7) is 3.86. The van der Waals surface area contributed by atoms with Gasteiger partial charge in [-0.15, -0.1) is 0 Å². The monoisotopic (exact) mass is 366 g/mol. The van der Waals surface area contributed by atoms with E-state index in [2.05, 4.69) is 20.6 Å². The van der Waals surface area contributed by atoms with Gasteiger partial charge in [0.05, 0.1) is 17.9 Å². The number of carbonyl (C=O) groups excluding carboxylic acids is 1. The van der Waals surface area contributed by atoms with Gasteiger partial charge in [0.25, 0.3) is 0 Å². The minimum absolute atomic E-state index is 0.288. The highest BCUT2D eigenvalue weighted by Gasteiger charge is 2.13. The quantitative estimate of drug-likeness (QED) is 0.622. The van der Waals surface area contributed by atoms with Crippen molar-refractivity contribution in [3.05, 3.63) is 71.7 Å². The molecule has 6 nitrogen and oxygen atoms in total. The highest BCUT2D eigenvalue weighted by Crippen LogP contribution is 2.22. The minimum atomic E-state index is -0.425. The van der Waals surface area contributed by atoms with Crippen LogP contribution in [0.3, 0.4) is 0 Å². The second-order valence-electron chi connectivity index (χ2n) is 5.74. The van der Waals surface area contributed by atoms with Crippen molar-refractivity contribution in [3.63, 3.8) is 0 Å². The van der Waals surface area contributed by atoms with E-state index in [0.717, 1.165) is 0 Å². The molecule has 27 heavy (non-hydrogen) atoms. The second-order valence-corrected chi connectivity index (χ2v) is 5.74. The smallest absolute Gasteiger partial charge is 0.340 e. The summed E-state index contributed by atoms with van der Waals surface area (Å²) in [6.07, 6.45) is 0. The van der Waals surface area contributed by atoms with Gasteiger partial charge in [0.1, 0.15) is 11.6 Å². The first kappa shape index (κ1) is 18.3. The number of esters is 1. The fraction of sp³-hybridized carbons (Fsp3) is 0.150. The Kier molecular flexibility index (Phi) is 5.61. The van der Waals surface area contributed by atoms with Crippen LogP contribution in [0.5, 0.6) is 0 Å². The Bertz CT molecular complexity index is 962. The molecule has 0 radical (unpaired) electrons. The molecule has 0 bridgehead atoms. The third kappa shape index (κ3) is 4.78. The first-order chi connectivity index (χ1) is 13.0. The van der Waals surface area contributed by atoms with E-state index in [-0.39, 0.29) is 12.4 Å². The maximum Gasteiger partial charge on any atom is 0.340 e. The van der Waals surface area contributed by atoms with E-state index in [1.54, 1.807) is 49.4 Å². The second kappa shape index (κ2) is 8.27. The normalized spacial score (nSPS) is 10.3. The molecule has 0 unspecified atom stereocenters. The van der Waals surface area contributed by atoms with Gasteiger partial charge in [0.15, 0.2) is 0 Å². The van der Waals surface area contributed by atoms with Gasteiger partial charge in [0, 0.05) is 17.4 Å². The molecule has 0 saturated carbocycles. The molecule has 3 rings (SSSR count). The van der Waals surface area contributed by atoms with E-state index in [1.165, 1.54) is 12.1 Å². The van der Waals surface area contributed by atoms with Crippen LogP contribution < -0.4 is 10.6 Å². The molecule has 1 aromatic heterocycles. The molecule has 0 saturated heterocycles. The Morgan fingerprint density at radius 2 is 1.89 bits per heavy atom. The number of halogens is 1. The van der Waals surface area contributed by atoms with E-state index >= 15 is 0 Å². The van der Waals surface area contributed by atoms with Crippen molar-refractivity contribution in [3.8, 4) is 0 Å². The van der Waals surface area contributed by atoms with Crippen molar-refractivity contribution in [1.29, 1.82) is 0 Å². The maximum absolute atomic E-state index is 13.4. The highest BCUT2D eigenvalue weighted by atomic mass is 19.1. The number of aromatic nitrogens is 2. The molecule has 0 spiro atoms. The SMILES string of the molecule is CCOC(=O)c1ccccc1Nc1nc(C)cc(Nc2cccc(F)c2)n1. The summed E-state index contributed by atoms with van der Waals surface area (Å²) >= 11 is 0. The molecule has 0 aliphatic carbocycles. The van der Waals surface area contributed by atoms with Crippen LogP contribution in [0.15, 0.2) is 54.6 Å². The zero-order valence-corrected chi connectivity index (χ0v) is 15.0. The van der Waals surface area contributed by atoms with Crippen LogP contribution in [-0.2, 0) is 4.74 Å². The Morgan fingerprint density at radius 3 is 2.67 bits per heavy atom. The van der Waals surface area contributed by atoms with Crippen molar-refractivity contribution < 1.29 is 13.9 Å². The zero-order chi connectivity index (χ0) is 19.2. The largest absolute Gasteiger partial charge is 0.462 e. The predicted octanol–water partition coefficient (Wildman–Crippen LogP) is 4.59. The lowest BCUT2D eigenvalue weighted by Gasteiger charge is -2.12. The van der Waals surface area contributed by atoms with Crippen molar-refractivity contribution in [2.45, 2.75) is 13.8 Å². The van der Waals surface area contributed by atoms with E-state index in [9.17, 15) is 9.18 Å². The molecular weight excluding hydrogens is 347 g/mol. The number of carbonyl (C=O) groups is 1. The molecule has 2 N–H and O–H groups in total. The summed E-state index contributed by atoms with van der Waals surface area (Å²) in [5.41, 5.74) is 2.22.